The van der Waals surface area contributed by atoms with Crippen LogP contribution in [0.5, 0.6) is 0 Å². The van der Waals surface area contributed by atoms with E-state index in [1.165, 1.54) is 0 Å². The molecule has 0 aliphatic carbocycles. The van der Waals surface area contributed by atoms with Crippen LogP contribution in [-0.4, -0.2) is 79.2 Å². The third kappa shape index (κ3) is 7.98. The SMILES string of the molecule is O=C(OCCOCCOCc1cncc(COCCOCCOC(=O)n2c3ccccc3c3ccccc32)c1)n1c2ccccc2c2ccccc21. The molecule has 0 radical (unpaired) electrons. The van der Waals surface area contributed by atoms with Crippen LogP contribution in [0.15, 0.2) is 116 Å². The minimum atomic E-state index is -0.434. The molecule has 11 heteroatoms. The second-order valence-corrected chi connectivity index (χ2v) is 12.0. The van der Waals surface area contributed by atoms with E-state index >= 15 is 0 Å². The molecule has 3 aromatic heterocycles. The summed E-state index contributed by atoms with van der Waals surface area (Å²) in [6.45, 7) is 3.04. The molecular formula is C41H39N3O8. The Hall–Kier alpha value is -5.59. The normalized spacial score (nSPS) is 11.5. The summed E-state index contributed by atoms with van der Waals surface area (Å²) < 4.78 is 36.9. The standard InChI is InChI=1S/C41H39N3O8/c45-40(43-36-13-5-1-9-32(36)33-10-2-6-14-37(33)43)51-23-21-47-17-19-49-28-30-25-31(27-42-26-30)29-50-20-18-48-22-24-52-41(46)44-38-15-7-3-11-34(38)35-12-4-8-16-39(35)44/h1-16,25-27H,17-24,28-29H2. The third-order valence-electron chi connectivity index (χ3n) is 8.56. The summed E-state index contributed by atoms with van der Waals surface area (Å²) in [5.74, 6) is 0. The Morgan fingerprint density at radius 1 is 0.442 bits per heavy atom. The zero-order chi connectivity index (χ0) is 35.5. The molecule has 266 valence electrons. The average Bonchev–Trinajstić information content (AvgIpc) is 3.70. The molecule has 0 saturated heterocycles. The number of hydrogen-bond acceptors (Lipinski definition) is 9. The van der Waals surface area contributed by atoms with Crippen LogP contribution in [0.1, 0.15) is 11.1 Å². The van der Waals surface area contributed by atoms with E-state index in [2.05, 4.69) is 4.98 Å². The molecule has 0 atom stereocenters. The smallest absolute Gasteiger partial charge is 0.419 e. The van der Waals surface area contributed by atoms with Crippen molar-refractivity contribution < 1.29 is 38.0 Å². The molecule has 7 aromatic rings. The van der Waals surface area contributed by atoms with Gasteiger partial charge in [-0.25, -0.2) is 18.7 Å². The Balaban J connectivity index is 0.741. The largest absolute Gasteiger partial charge is 0.446 e. The second kappa shape index (κ2) is 17.1. The van der Waals surface area contributed by atoms with Gasteiger partial charge in [0.2, 0.25) is 0 Å². The van der Waals surface area contributed by atoms with Crippen LogP contribution in [0.3, 0.4) is 0 Å². The summed E-state index contributed by atoms with van der Waals surface area (Å²) in [6, 6.07) is 33.1. The predicted molar refractivity (Wildman–Crippen MR) is 198 cm³/mol. The van der Waals surface area contributed by atoms with Crippen molar-refractivity contribution in [3.05, 3.63) is 127 Å². The zero-order valence-electron chi connectivity index (χ0n) is 28.6. The maximum Gasteiger partial charge on any atom is 0.419 e. The van der Waals surface area contributed by atoms with E-state index in [0.717, 1.165) is 54.7 Å². The fraction of sp³-hybridized carbons (Fsp3) is 0.244. The van der Waals surface area contributed by atoms with Crippen LogP contribution in [0.2, 0.25) is 0 Å². The monoisotopic (exact) mass is 701 g/mol. The third-order valence-corrected chi connectivity index (χ3v) is 8.56. The van der Waals surface area contributed by atoms with E-state index in [1.54, 1.807) is 21.5 Å². The highest BCUT2D eigenvalue weighted by atomic mass is 16.6. The summed E-state index contributed by atoms with van der Waals surface area (Å²) >= 11 is 0. The van der Waals surface area contributed by atoms with Crippen molar-refractivity contribution >= 4 is 55.8 Å². The van der Waals surface area contributed by atoms with Crippen LogP contribution in [0.4, 0.5) is 9.59 Å². The summed E-state index contributed by atoms with van der Waals surface area (Å²) in [5.41, 5.74) is 5.08. The zero-order valence-corrected chi connectivity index (χ0v) is 28.6. The van der Waals surface area contributed by atoms with E-state index < -0.39 is 12.2 Å². The van der Waals surface area contributed by atoms with Crippen LogP contribution >= 0.6 is 0 Å². The quantitative estimate of drug-likeness (QED) is 0.0935. The molecule has 0 aliphatic heterocycles. The van der Waals surface area contributed by atoms with E-state index in [1.807, 2.05) is 103 Å². The minimum absolute atomic E-state index is 0.133. The molecule has 0 spiro atoms. The predicted octanol–water partition coefficient (Wildman–Crippen LogP) is 7.73. The highest BCUT2D eigenvalue weighted by Gasteiger charge is 2.17. The van der Waals surface area contributed by atoms with Gasteiger partial charge in [-0.05, 0) is 41.5 Å². The van der Waals surface area contributed by atoms with Crippen molar-refractivity contribution in [1.82, 2.24) is 14.1 Å². The second-order valence-electron chi connectivity index (χ2n) is 12.0. The summed E-state index contributed by atoms with van der Waals surface area (Å²) in [5, 5.41) is 4.03. The maximum absolute atomic E-state index is 12.9. The molecule has 7 rings (SSSR count). The lowest BCUT2D eigenvalue weighted by molar-refractivity contribution is 0.0221. The number of carbonyl (C=O) groups is 2. The lowest BCUT2D eigenvalue weighted by atomic mass is 10.2. The fourth-order valence-electron chi connectivity index (χ4n) is 6.26. The summed E-state index contributed by atoms with van der Waals surface area (Å²) in [6.07, 6.45) is 2.64. The molecule has 0 bridgehead atoms. The first-order valence-electron chi connectivity index (χ1n) is 17.2. The summed E-state index contributed by atoms with van der Waals surface area (Å²) in [4.78, 5) is 30.1. The van der Waals surface area contributed by atoms with E-state index in [0.29, 0.717) is 39.6 Å². The van der Waals surface area contributed by atoms with Gasteiger partial charge < -0.3 is 28.4 Å². The number of nitrogens with zero attached hydrogens (tertiary/aromatic N) is 3. The molecular weight excluding hydrogens is 662 g/mol. The number of benzene rings is 4. The van der Waals surface area contributed by atoms with E-state index in [4.69, 9.17) is 28.4 Å². The van der Waals surface area contributed by atoms with Crippen molar-refractivity contribution in [2.45, 2.75) is 13.2 Å². The van der Waals surface area contributed by atoms with Crippen LogP contribution in [0, 0.1) is 0 Å². The van der Waals surface area contributed by atoms with Gasteiger partial charge in [-0.1, -0.05) is 72.8 Å². The molecule has 0 N–H and O–H groups in total. The Labute approximate surface area is 300 Å². The number of ether oxygens (including phenoxy) is 6. The van der Waals surface area contributed by atoms with Crippen molar-refractivity contribution in [2.75, 3.05) is 52.9 Å². The maximum atomic E-state index is 12.9. The highest BCUT2D eigenvalue weighted by Crippen LogP contribution is 2.30. The number of rotatable bonds is 16. The molecule has 4 aromatic carbocycles. The molecule has 0 saturated carbocycles. The molecule has 0 amide bonds. The van der Waals surface area contributed by atoms with Gasteiger partial charge in [0, 0.05) is 33.9 Å². The number of para-hydroxylation sites is 4. The first kappa shape index (κ1) is 34.8. The first-order valence-corrected chi connectivity index (χ1v) is 17.2. The van der Waals surface area contributed by atoms with Crippen LogP contribution < -0.4 is 0 Å². The Bertz CT molecular complexity index is 2030. The number of fused-ring (bicyclic) bond motifs is 6. The van der Waals surface area contributed by atoms with Gasteiger partial charge >= 0.3 is 12.2 Å². The van der Waals surface area contributed by atoms with Gasteiger partial charge in [-0.15, -0.1) is 0 Å². The van der Waals surface area contributed by atoms with Gasteiger partial charge in [0.25, 0.3) is 0 Å². The molecule has 0 aliphatic rings. The van der Waals surface area contributed by atoms with Crippen molar-refractivity contribution in [3.63, 3.8) is 0 Å². The van der Waals surface area contributed by atoms with Gasteiger partial charge in [-0.2, -0.15) is 0 Å². The lowest BCUT2D eigenvalue weighted by Crippen LogP contribution is -2.17. The molecule has 0 fully saturated rings. The van der Waals surface area contributed by atoms with Crippen molar-refractivity contribution in [2.24, 2.45) is 0 Å². The Morgan fingerprint density at radius 3 is 1.15 bits per heavy atom. The van der Waals surface area contributed by atoms with Gasteiger partial charge in [0.1, 0.15) is 13.2 Å². The lowest BCUT2D eigenvalue weighted by Gasteiger charge is -2.10. The topological polar surface area (TPSA) is 112 Å². The number of carbonyl (C=O) groups excluding carboxylic acids is 2. The number of pyridine rings is 1. The Kier molecular flexibility index (Phi) is 11.4. The molecule has 11 nitrogen and oxygen atoms in total. The molecule has 52 heavy (non-hydrogen) atoms. The van der Waals surface area contributed by atoms with Gasteiger partial charge in [0.05, 0.1) is 74.9 Å². The van der Waals surface area contributed by atoms with Crippen LogP contribution in [-0.2, 0) is 41.6 Å². The van der Waals surface area contributed by atoms with Gasteiger partial charge in [0.15, 0.2) is 0 Å². The van der Waals surface area contributed by atoms with Crippen LogP contribution in [0.25, 0.3) is 43.6 Å². The number of aromatic nitrogens is 3. The highest BCUT2D eigenvalue weighted by molar-refractivity contribution is 6.13. The minimum Gasteiger partial charge on any atom is -0.446 e. The van der Waals surface area contributed by atoms with Gasteiger partial charge in [-0.3, -0.25) is 4.98 Å². The average molecular weight is 702 g/mol. The molecule has 0 unspecified atom stereocenters. The fourth-order valence-corrected chi connectivity index (χ4v) is 6.26. The van der Waals surface area contributed by atoms with Crippen molar-refractivity contribution in [1.29, 1.82) is 0 Å². The van der Waals surface area contributed by atoms with E-state index in [-0.39, 0.29) is 26.4 Å². The summed E-state index contributed by atoms with van der Waals surface area (Å²) in [7, 11) is 0. The van der Waals surface area contributed by atoms with Crippen molar-refractivity contribution in [3.8, 4) is 0 Å². The molecule has 3 heterocycles. The number of hydrogen-bond donors (Lipinski definition) is 0. The van der Waals surface area contributed by atoms with E-state index in [9.17, 15) is 9.59 Å². The first-order chi connectivity index (χ1) is 25.7. The Morgan fingerprint density at radius 2 is 0.769 bits per heavy atom.